The first-order valence-corrected chi connectivity index (χ1v) is 6.01. The van der Waals surface area contributed by atoms with Crippen LogP contribution in [0.1, 0.15) is 0 Å². The summed E-state index contributed by atoms with van der Waals surface area (Å²) in [5.41, 5.74) is 0. The van der Waals surface area contributed by atoms with Crippen molar-refractivity contribution in [2.45, 2.75) is 0 Å². The Balaban J connectivity index is 2.51. The number of nitrogens with one attached hydrogen (secondary N) is 2. The molecule has 0 saturated carbocycles. The summed E-state index contributed by atoms with van der Waals surface area (Å²) in [6.07, 6.45) is 0. The summed E-state index contributed by atoms with van der Waals surface area (Å²) in [5, 5.41) is 4.32. The van der Waals surface area contributed by atoms with Crippen molar-refractivity contribution in [3.63, 3.8) is 0 Å². The number of carbonyl (C=O) groups is 2. The molecule has 16 heavy (non-hydrogen) atoms. The summed E-state index contributed by atoms with van der Waals surface area (Å²) in [5.74, 6) is -1.79. The molecule has 0 atom stereocenters. The molecule has 1 aliphatic rings. The Morgan fingerprint density at radius 1 is 1.19 bits per heavy atom. The van der Waals surface area contributed by atoms with Crippen LogP contribution < -0.4 is 10.6 Å². The molecule has 9 heteroatoms. The van der Waals surface area contributed by atoms with Gasteiger partial charge in [-0.25, -0.2) is 12.7 Å². The van der Waals surface area contributed by atoms with Crippen molar-refractivity contribution in [2.75, 3.05) is 26.4 Å². The molecule has 0 spiro atoms. The van der Waals surface area contributed by atoms with E-state index in [-0.39, 0.29) is 18.3 Å². The van der Waals surface area contributed by atoms with Gasteiger partial charge in [-0.2, -0.15) is 0 Å². The van der Waals surface area contributed by atoms with Crippen LogP contribution >= 0.6 is 0 Å². The number of hydrogen-bond acceptors (Lipinski definition) is 5. The molecule has 1 saturated heterocycles. The normalized spacial score (nSPS) is 16.3. The molecule has 1 rings (SSSR count). The molecule has 1 fully saturated rings. The van der Waals surface area contributed by atoms with E-state index in [0.29, 0.717) is 0 Å². The van der Waals surface area contributed by atoms with Gasteiger partial charge in [-0.1, -0.05) is 0 Å². The molecule has 1 heterocycles. The van der Waals surface area contributed by atoms with Crippen LogP contribution in [-0.2, 0) is 19.6 Å². The second-order valence-electron chi connectivity index (χ2n) is 3.24. The van der Waals surface area contributed by atoms with Crippen molar-refractivity contribution in [1.82, 2.24) is 14.9 Å². The smallest absolute Gasteiger partial charge is 0.288 e. The third kappa shape index (κ3) is 3.00. The van der Waals surface area contributed by atoms with Gasteiger partial charge in [0, 0.05) is 14.1 Å². The molecule has 0 unspecified atom stereocenters. The highest BCUT2D eigenvalue weighted by Gasteiger charge is 2.25. The highest BCUT2D eigenvalue weighted by molar-refractivity contribution is 7.89. The van der Waals surface area contributed by atoms with Gasteiger partial charge in [-0.05, 0) is 0 Å². The van der Waals surface area contributed by atoms with Crippen molar-refractivity contribution >= 4 is 27.8 Å². The number of carbonyl (C=O) groups excluding carboxylic acids is 2. The zero-order valence-corrected chi connectivity index (χ0v) is 9.67. The van der Waals surface area contributed by atoms with E-state index in [9.17, 15) is 18.0 Å². The molecule has 0 aromatic carbocycles. The monoisotopic (exact) mass is 248 g/mol. The lowest BCUT2D eigenvalue weighted by atomic mass is 10.6. The minimum Gasteiger partial charge on any atom is -0.288 e. The lowest BCUT2D eigenvalue weighted by Crippen LogP contribution is -2.29. The predicted octanol–water partition coefficient (Wildman–Crippen LogP) is -2.52. The predicted molar refractivity (Wildman–Crippen MR) is 56.1 cm³/mol. The second kappa shape index (κ2) is 4.58. The van der Waals surface area contributed by atoms with E-state index in [1.165, 1.54) is 14.1 Å². The molecule has 0 aromatic rings. The number of amides is 2. The quantitative estimate of drug-likeness (QED) is 0.535. The van der Waals surface area contributed by atoms with Crippen LogP contribution in [0.5, 0.6) is 0 Å². The molecular formula is C7H12N4O4S. The van der Waals surface area contributed by atoms with Gasteiger partial charge in [0.1, 0.15) is 0 Å². The van der Waals surface area contributed by atoms with Crippen LogP contribution in [0.25, 0.3) is 0 Å². The van der Waals surface area contributed by atoms with E-state index in [1.807, 2.05) is 0 Å². The largest absolute Gasteiger partial charge is 0.316 e. The van der Waals surface area contributed by atoms with Gasteiger partial charge < -0.3 is 0 Å². The van der Waals surface area contributed by atoms with Gasteiger partial charge in [-0.15, -0.1) is 0 Å². The van der Waals surface area contributed by atoms with Crippen molar-refractivity contribution in [3.8, 4) is 0 Å². The lowest BCUT2D eigenvalue weighted by molar-refractivity contribution is -0.135. The second-order valence-corrected chi connectivity index (χ2v) is 5.54. The molecule has 0 aromatic heterocycles. The zero-order chi connectivity index (χ0) is 12.3. The van der Waals surface area contributed by atoms with Crippen molar-refractivity contribution < 1.29 is 18.0 Å². The topological polar surface area (TPSA) is 108 Å². The van der Waals surface area contributed by atoms with Gasteiger partial charge in [0.25, 0.3) is 0 Å². The minimum absolute atomic E-state index is 0.0102. The Bertz CT molecular complexity index is 421. The maximum atomic E-state index is 11.3. The summed E-state index contributed by atoms with van der Waals surface area (Å²) in [6, 6.07) is 0. The number of nitrogens with zero attached hydrogens (tertiary/aromatic N) is 2. The van der Waals surface area contributed by atoms with E-state index in [2.05, 4.69) is 15.6 Å². The van der Waals surface area contributed by atoms with E-state index in [4.69, 9.17) is 0 Å². The van der Waals surface area contributed by atoms with Crippen LogP contribution in [-0.4, -0.2) is 56.9 Å². The van der Waals surface area contributed by atoms with Crippen LogP contribution in [0, 0.1) is 0 Å². The van der Waals surface area contributed by atoms with Gasteiger partial charge in [0.05, 0.1) is 12.3 Å². The average molecular weight is 248 g/mol. The Hall–Kier alpha value is -1.48. The maximum Gasteiger partial charge on any atom is 0.316 e. The first-order chi connectivity index (χ1) is 7.33. The van der Waals surface area contributed by atoms with Crippen LogP contribution in [0.3, 0.4) is 0 Å². The summed E-state index contributed by atoms with van der Waals surface area (Å²) in [6.45, 7) is -0.0313. The Kier molecular flexibility index (Phi) is 3.60. The van der Waals surface area contributed by atoms with E-state index in [1.54, 1.807) is 0 Å². The fraction of sp³-hybridized carbons (Fsp3) is 0.571. The average Bonchev–Trinajstić information content (AvgIpc) is 2.45. The fourth-order valence-electron chi connectivity index (χ4n) is 0.894. The highest BCUT2D eigenvalue weighted by atomic mass is 32.2. The molecule has 1 aliphatic heterocycles. The van der Waals surface area contributed by atoms with E-state index in [0.717, 1.165) is 4.31 Å². The molecule has 8 nitrogen and oxygen atoms in total. The summed E-state index contributed by atoms with van der Waals surface area (Å²) in [7, 11) is -0.480. The summed E-state index contributed by atoms with van der Waals surface area (Å²) < 4.78 is 23.7. The standard InChI is InChI=1S/C7H12N4O4S/c1-11(2)16(14,15)4-3-8-7-9-5(12)6(13)10-7/h3-4H2,1-2H3,(H2,8,9,10,12,13). The van der Waals surface area contributed by atoms with E-state index >= 15 is 0 Å². The lowest BCUT2D eigenvalue weighted by Gasteiger charge is -2.09. The van der Waals surface area contributed by atoms with Crippen molar-refractivity contribution in [3.05, 3.63) is 0 Å². The van der Waals surface area contributed by atoms with Gasteiger partial charge in [0.2, 0.25) is 16.0 Å². The molecular weight excluding hydrogens is 236 g/mol. The minimum atomic E-state index is -3.32. The van der Waals surface area contributed by atoms with E-state index < -0.39 is 21.8 Å². The molecule has 0 radical (unpaired) electrons. The van der Waals surface area contributed by atoms with Gasteiger partial charge in [-0.3, -0.25) is 25.2 Å². The Morgan fingerprint density at radius 2 is 1.69 bits per heavy atom. The summed E-state index contributed by atoms with van der Waals surface area (Å²) >= 11 is 0. The number of aliphatic imine (C=N–C) groups is 1. The van der Waals surface area contributed by atoms with Crippen LogP contribution in [0.2, 0.25) is 0 Å². The first-order valence-electron chi connectivity index (χ1n) is 4.40. The van der Waals surface area contributed by atoms with Gasteiger partial charge in [0.15, 0.2) is 0 Å². The fourth-order valence-corrected chi connectivity index (χ4v) is 1.58. The molecule has 2 N–H and O–H groups in total. The molecule has 0 bridgehead atoms. The SMILES string of the molecule is CN(C)S(=O)(=O)CCN=C1NC(=O)C(=O)N1. The highest BCUT2D eigenvalue weighted by Crippen LogP contribution is 1.94. The number of hydrogen-bond donors (Lipinski definition) is 2. The zero-order valence-electron chi connectivity index (χ0n) is 8.85. The van der Waals surface area contributed by atoms with Gasteiger partial charge >= 0.3 is 11.8 Å². The van der Waals surface area contributed by atoms with Crippen molar-refractivity contribution in [2.24, 2.45) is 4.99 Å². The first kappa shape index (κ1) is 12.6. The Morgan fingerprint density at radius 3 is 2.12 bits per heavy atom. The number of rotatable bonds is 4. The summed E-state index contributed by atoms with van der Waals surface area (Å²) in [4.78, 5) is 25.2. The number of sulfonamides is 1. The van der Waals surface area contributed by atoms with Crippen LogP contribution in [0.4, 0.5) is 0 Å². The Labute approximate surface area is 92.8 Å². The molecule has 0 aliphatic carbocycles. The third-order valence-corrected chi connectivity index (χ3v) is 3.66. The van der Waals surface area contributed by atoms with Crippen molar-refractivity contribution in [1.29, 1.82) is 0 Å². The number of guanidine groups is 1. The molecule has 2 amide bonds. The molecule has 90 valence electrons. The third-order valence-electron chi connectivity index (χ3n) is 1.85. The van der Waals surface area contributed by atoms with Crippen LogP contribution in [0.15, 0.2) is 4.99 Å². The maximum absolute atomic E-state index is 11.3.